The molecule has 180 valence electrons. The number of furan rings is 1. The fraction of sp³-hybridized carbons (Fsp3) is 0.286. The summed E-state index contributed by atoms with van der Waals surface area (Å²) in [5.74, 6) is -0.949. The number of ketones is 1. The number of amides is 1. The third kappa shape index (κ3) is 4.58. The molecule has 0 radical (unpaired) electrons. The van der Waals surface area contributed by atoms with Gasteiger partial charge in [0.15, 0.2) is 0 Å². The molecule has 1 unspecified atom stereocenters. The maximum absolute atomic E-state index is 13.3. The van der Waals surface area contributed by atoms with Crippen LogP contribution in [0.1, 0.15) is 41.3 Å². The Balaban J connectivity index is 1.44. The SMILES string of the molecule is Cc1cc(/C(O)=C2/C(=O)C(=O)N(C3CCN(Cc4ccccc4)CC3)C2c2ccco2)ccc1Br. The molecule has 2 fully saturated rings. The van der Waals surface area contributed by atoms with Gasteiger partial charge in [0, 0.05) is 35.7 Å². The van der Waals surface area contributed by atoms with Crippen LogP contribution in [-0.2, 0) is 16.1 Å². The first kappa shape index (κ1) is 23.6. The van der Waals surface area contributed by atoms with Gasteiger partial charge in [0.25, 0.3) is 11.7 Å². The first-order valence-electron chi connectivity index (χ1n) is 11.8. The highest BCUT2D eigenvalue weighted by Crippen LogP contribution is 2.42. The summed E-state index contributed by atoms with van der Waals surface area (Å²) in [5, 5.41) is 11.2. The standard InChI is InChI=1S/C28H27BrN2O4/c1-18-16-20(9-10-22(18)29)26(32)24-25(23-8-5-15-35-23)31(28(34)27(24)33)21-11-13-30(14-12-21)17-19-6-3-2-4-7-19/h2-10,15-16,21,25,32H,11-14,17H2,1H3/b26-24-. The third-order valence-electron chi connectivity index (χ3n) is 6.92. The summed E-state index contributed by atoms with van der Waals surface area (Å²) in [4.78, 5) is 30.6. The van der Waals surface area contributed by atoms with Crippen molar-refractivity contribution in [3.05, 3.63) is 99.4 Å². The lowest BCUT2D eigenvalue weighted by molar-refractivity contribution is -0.142. The maximum atomic E-state index is 13.3. The van der Waals surface area contributed by atoms with Gasteiger partial charge in [-0.1, -0.05) is 52.3 Å². The van der Waals surface area contributed by atoms with Crippen molar-refractivity contribution < 1.29 is 19.1 Å². The molecule has 2 aliphatic rings. The summed E-state index contributed by atoms with van der Waals surface area (Å²) < 4.78 is 6.59. The van der Waals surface area contributed by atoms with Gasteiger partial charge in [0.2, 0.25) is 0 Å². The largest absolute Gasteiger partial charge is 0.507 e. The van der Waals surface area contributed by atoms with Crippen LogP contribution in [0, 0.1) is 6.92 Å². The van der Waals surface area contributed by atoms with E-state index in [9.17, 15) is 14.7 Å². The van der Waals surface area contributed by atoms with E-state index in [1.54, 1.807) is 29.2 Å². The number of hydrogen-bond donors (Lipinski definition) is 1. The topological polar surface area (TPSA) is 74.0 Å². The lowest BCUT2D eigenvalue weighted by Crippen LogP contribution is -2.46. The molecule has 1 N–H and O–H groups in total. The van der Waals surface area contributed by atoms with E-state index < -0.39 is 17.7 Å². The van der Waals surface area contributed by atoms with Gasteiger partial charge in [0.1, 0.15) is 17.6 Å². The molecule has 1 aromatic heterocycles. The fourth-order valence-electron chi connectivity index (χ4n) is 5.10. The number of aryl methyl sites for hydroxylation is 1. The lowest BCUT2D eigenvalue weighted by Gasteiger charge is -2.38. The molecule has 0 bridgehead atoms. The van der Waals surface area contributed by atoms with E-state index in [2.05, 4.69) is 33.0 Å². The molecule has 3 aromatic rings. The summed E-state index contributed by atoms with van der Waals surface area (Å²) in [6, 6.07) is 18.3. The van der Waals surface area contributed by atoms with E-state index in [1.807, 2.05) is 31.2 Å². The number of Topliss-reactive ketones (excluding diaryl/α,β-unsaturated/α-hetero) is 1. The molecule has 1 atom stereocenters. The Morgan fingerprint density at radius 1 is 1.06 bits per heavy atom. The van der Waals surface area contributed by atoms with Crippen LogP contribution in [0.2, 0.25) is 0 Å². The summed E-state index contributed by atoms with van der Waals surface area (Å²) in [6.07, 6.45) is 3.02. The van der Waals surface area contributed by atoms with Crippen LogP contribution in [0.4, 0.5) is 0 Å². The Labute approximate surface area is 213 Å². The van der Waals surface area contributed by atoms with Crippen LogP contribution in [0.3, 0.4) is 0 Å². The Morgan fingerprint density at radius 3 is 2.46 bits per heavy atom. The van der Waals surface area contributed by atoms with Gasteiger partial charge in [-0.05, 0) is 55.2 Å². The third-order valence-corrected chi connectivity index (χ3v) is 7.81. The van der Waals surface area contributed by atoms with Gasteiger partial charge in [-0.2, -0.15) is 0 Å². The molecule has 0 saturated carbocycles. The zero-order valence-corrected chi connectivity index (χ0v) is 21.1. The summed E-state index contributed by atoms with van der Waals surface area (Å²) in [5.41, 5.74) is 2.76. The van der Waals surface area contributed by atoms with Gasteiger partial charge in [-0.15, -0.1) is 0 Å². The van der Waals surface area contributed by atoms with E-state index in [-0.39, 0.29) is 17.4 Å². The zero-order valence-electron chi connectivity index (χ0n) is 19.5. The maximum Gasteiger partial charge on any atom is 0.296 e. The van der Waals surface area contributed by atoms with Crippen molar-refractivity contribution in [1.29, 1.82) is 0 Å². The number of hydrogen-bond acceptors (Lipinski definition) is 5. The number of aliphatic hydroxyl groups excluding tert-OH is 1. The van der Waals surface area contributed by atoms with E-state index in [4.69, 9.17) is 4.42 Å². The van der Waals surface area contributed by atoms with Crippen molar-refractivity contribution in [2.45, 2.75) is 38.4 Å². The Hall–Kier alpha value is -3.16. The van der Waals surface area contributed by atoms with Crippen molar-refractivity contribution >= 4 is 33.4 Å². The molecule has 3 heterocycles. The summed E-state index contributed by atoms with van der Waals surface area (Å²) >= 11 is 3.47. The van der Waals surface area contributed by atoms with Crippen LogP contribution in [0.25, 0.3) is 5.76 Å². The number of rotatable bonds is 5. The quantitative estimate of drug-likeness (QED) is 0.268. The number of aliphatic hydroxyl groups is 1. The second kappa shape index (κ2) is 9.84. The second-order valence-electron chi connectivity index (χ2n) is 9.18. The van der Waals surface area contributed by atoms with E-state index in [0.717, 1.165) is 42.5 Å². The normalized spacial score (nSPS) is 21.1. The molecule has 7 heteroatoms. The fourth-order valence-corrected chi connectivity index (χ4v) is 5.34. The van der Waals surface area contributed by atoms with Gasteiger partial charge < -0.3 is 14.4 Å². The molecule has 2 aromatic carbocycles. The first-order valence-corrected chi connectivity index (χ1v) is 12.6. The highest BCUT2D eigenvalue weighted by Gasteiger charge is 2.50. The number of carbonyl (C=O) groups is 2. The van der Waals surface area contributed by atoms with Crippen LogP contribution < -0.4 is 0 Å². The average Bonchev–Trinajstić information content (AvgIpc) is 3.49. The van der Waals surface area contributed by atoms with Crippen molar-refractivity contribution in [1.82, 2.24) is 9.80 Å². The predicted octanol–water partition coefficient (Wildman–Crippen LogP) is 5.44. The number of carbonyl (C=O) groups excluding carboxylic acids is 2. The molecular formula is C28H27BrN2O4. The van der Waals surface area contributed by atoms with Crippen LogP contribution >= 0.6 is 15.9 Å². The van der Waals surface area contributed by atoms with Gasteiger partial charge in [-0.3, -0.25) is 14.5 Å². The smallest absolute Gasteiger partial charge is 0.296 e. The van der Waals surface area contributed by atoms with Gasteiger partial charge in [-0.25, -0.2) is 0 Å². The molecule has 6 nitrogen and oxygen atoms in total. The average molecular weight is 535 g/mol. The lowest BCUT2D eigenvalue weighted by atomic mass is 9.96. The van der Waals surface area contributed by atoms with Gasteiger partial charge in [0.05, 0.1) is 11.8 Å². The second-order valence-corrected chi connectivity index (χ2v) is 10.0. The number of likely N-dealkylation sites (tertiary alicyclic amines) is 2. The highest BCUT2D eigenvalue weighted by molar-refractivity contribution is 9.10. The van der Waals surface area contributed by atoms with Crippen molar-refractivity contribution in [3.8, 4) is 0 Å². The van der Waals surface area contributed by atoms with Crippen LogP contribution in [0.5, 0.6) is 0 Å². The molecule has 2 saturated heterocycles. The van der Waals surface area contributed by atoms with Gasteiger partial charge >= 0.3 is 0 Å². The number of nitrogens with zero attached hydrogens (tertiary/aromatic N) is 2. The van der Waals surface area contributed by atoms with Crippen molar-refractivity contribution in [3.63, 3.8) is 0 Å². The molecule has 5 rings (SSSR count). The number of halogens is 1. The monoisotopic (exact) mass is 534 g/mol. The summed E-state index contributed by atoms with van der Waals surface area (Å²) in [6.45, 7) is 4.41. The minimum atomic E-state index is -0.750. The minimum Gasteiger partial charge on any atom is -0.507 e. The molecule has 1 amide bonds. The molecule has 0 spiro atoms. The minimum absolute atomic E-state index is 0.0818. The van der Waals surface area contributed by atoms with E-state index in [0.29, 0.717) is 11.3 Å². The van der Waals surface area contributed by atoms with E-state index >= 15 is 0 Å². The highest BCUT2D eigenvalue weighted by atomic mass is 79.9. The number of benzene rings is 2. The van der Waals surface area contributed by atoms with Crippen LogP contribution in [0.15, 0.2) is 81.4 Å². The van der Waals surface area contributed by atoms with E-state index in [1.165, 1.54) is 11.8 Å². The zero-order chi connectivity index (χ0) is 24.5. The van der Waals surface area contributed by atoms with Crippen LogP contribution in [-0.4, -0.2) is 45.7 Å². The molecule has 0 aliphatic carbocycles. The van der Waals surface area contributed by atoms with Crippen molar-refractivity contribution in [2.24, 2.45) is 0 Å². The molecular weight excluding hydrogens is 508 g/mol. The summed E-state index contributed by atoms with van der Waals surface area (Å²) in [7, 11) is 0. The Kier molecular flexibility index (Phi) is 6.62. The predicted molar refractivity (Wildman–Crippen MR) is 136 cm³/mol. The first-order chi connectivity index (χ1) is 16.9. The molecule has 2 aliphatic heterocycles. The molecule has 35 heavy (non-hydrogen) atoms. The Morgan fingerprint density at radius 2 is 1.80 bits per heavy atom. The Bertz CT molecular complexity index is 1260. The number of piperidine rings is 1. The van der Waals surface area contributed by atoms with Crippen molar-refractivity contribution in [2.75, 3.05) is 13.1 Å².